The Morgan fingerprint density at radius 2 is 1.23 bits per heavy atom. The number of hydrogen-bond acceptors (Lipinski definition) is 11. The fraction of sp³-hybridized carbons (Fsp3) is 0.167. The summed E-state index contributed by atoms with van der Waals surface area (Å²) in [5.74, 6) is -0.945. The molecule has 2 heterocycles. The monoisotopic (exact) mass is 791 g/mol. The molecule has 0 saturated carbocycles. The van der Waals surface area contributed by atoms with Crippen molar-refractivity contribution in [3.05, 3.63) is 166 Å². The van der Waals surface area contributed by atoms with Gasteiger partial charge in [0.2, 0.25) is 0 Å². The van der Waals surface area contributed by atoms with Crippen LogP contribution in [0.15, 0.2) is 132 Å². The molecule has 14 heteroatoms. The maximum Gasteiger partial charge on any atom is 0.339 e. The second-order valence-electron chi connectivity index (χ2n) is 13.3. The zero-order valence-electron chi connectivity index (χ0n) is 30.7. The minimum atomic E-state index is -4.58. The first kappa shape index (κ1) is 38.0. The maximum atomic E-state index is 14.9. The topological polar surface area (TPSA) is 151 Å². The summed E-state index contributed by atoms with van der Waals surface area (Å²) in [6.45, 7) is 5.57. The molecular weight excluding hydrogens is 755 g/mol. The molecule has 0 spiro atoms. The van der Waals surface area contributed by atoms with Crippen LogP contribution in [0.3, 0.4) is 0 Å². The third kappa shape index (κ3) is 8.36. The molecule has 1 aliphatic heterocycles. The van der Waals surface area contributed by atoms with Crippen LogP contribution in [-0.2, 0) is 46.5 Å². The summed E-state index contributed by atoms with van der Waals surface area (Å²) >= 11 is 0. The third-order valence-corrected chi connectivity index (χ3v) is 11.6. The lowest BCUT2D eigenvalue weighted by molar-refractivity contribution is 0.0743. The molecule has 0 bridgehead atoms. The van der Waals surface area contributed by atoms with Crippen molar-refractivity contribution in [2.24, 2.45) is 0 Å². The Balaban J connectivity index is 1.32. The molecule has 0 saturated heterocycles. The number of nitrogens with zero attached hydrogens (tertiary/aromatic N) is 3. The van der Waals surface area contributed by atoms with E-state index in [1.165, 1.54) is 42.4 Å². The van der Waals surface area contributed by atoms with Gasteiger partial charge in [-0.25, -0.2) is 9.97 Å². The van der Waals surface area contributed by atoms with Crippen LogP contribution < -0.4 is 17.8 Å². The van der Waals surface area contributed by atoms with Crippen LogP contribution in [0.2, 0.25) is 0 Å². The minimum Gasteiger partial charge on any atom is -0.488 e. The minimum absolute atomic E-state index is 0.0539. The smallest absolute Gasteiger partial charge is 0.339 e. The van der Waals surface area contributed by atoms with E-state index < -0.39 is 31.9 Å². The highest BCUT2D eigenvalue weighted by Crippen LogP contribution is 2.44. The van der Waals surface area contributed by atoms with Gasteiger partial charge in [0.1, 0.15) is 46.4 Å². The number of benzene rings is 5. The molecule has 0 aliphatic carbocycles. The van der Waals surface area contributed by atoms with E-state index in [4.69, 9.17) is 17.8 Å². The van der Waals surface area contributed by atoms with Gasteiger partial charge in [-0.1, -0.05) is 77.9 Å². The van der Waals surface area contributed by atoms with Crippen molar-refractivity contribution in [2.45, 2.75) is 56.9 Å². The fourth-order valence-corrected chi connectivity index (χ4v) is 8.02. The Morgan fingerprint density at radius 3 is 1.86 bits per heavy atom. The number of fused-ring (bicyclic) bond motifs is 1. The highest BCUT2D eigenvalue weighted by Gasteiger charge is 2.35. The van der Waals surface area contributed by atoms with Crippen LogP contribution in [0.25, 0.3) is 0 Å². The summed E-state index contributed by atoms with van der Waals surface area (Å²) in [5.41, 5.74) is 4.63. The molecule has 0 unspecified atom stereocenters. The predicted molar refractivity (Wildman–Crippen MR) is 206 cm³/mol. The molecule has 56 heavy (non-hydrogen) atoms. The van der Waals surface area contributed by atoms with Gasteiger partial charge >= 0.3 is 20.2 Å². The average Bonchev–Trinajstić information content (AvgIpc) is 3.64. The Morgan fingerprint density at radius 1 is 0.643 bits per heavy atom. The molecule has 12 nitrogen and oxygen atoms in total. The molecule has 286 valence electrons. The number of aromatic nitrogens is 2. The summed E-state index contributed by atoms with van der Waals surface area (Å²) in [7, 11) is -9.03. The molecule has 1 aromatic heterocycles. The third-order valence-electron chi connectivity index (χ3n) is 9.14. The summed E-state index contributed by atoms with van der Waals surface area (Å²) in [5, 5.41) is 0. The lowest BCUT2D eigenvalue weighted by atomic mass is 10.1. The first-order valence-corrected chi connectivity index (χ1v) is 20.3. The van der Waals surface area contributed by atoms with Crippen LogP contribution in [-0.4, -0.2) is 37.6 Å². The Kier molecular flexibility index (Phi) is 10.8. The van der Waals surface area contributed by atoms with Gasteiger partial charge in [0.05, 0.1) is 6.54 Å². The zero-order chi connectivity index (χ0) is 39.5. The lowest BCUT2D eigenvalue weighted by Gasteiger charge is -2.23. The lowest BCUT2D eigenvalue weighted by Crippen LogP contribution is -2.27. The number of hydrogen-bond donors (Lipinski definition) is 0. The zero-order valence-corrected chi connectivity index (χ0v) is 32.3. The SMILES string of the molecule is Cc1ccc(S(=O)(=O)Oc2cc(OS(=O)(=O)c3ccc(C)cc3)c(C(=O)N3Cc4cccc(OCc5cncnc5)c4C3)c(OCc3ccccc3)c2C)cc1. The van der Waals surface area contributed by atoms with Crippen LogP contribution in [0.5, 0.6) is 23.0 Å². The van der Waals surface area contributed by atoms with Gasteiger partial charge in [0.25, 0.3) is 5.91 Å². The molecular formula is C42H37N3O9S2. The molecule has 1 aliphatic rings. The van der Waals surface area contributed by atoms with Crippen LogP contribution in [0, 0.1) is 20.8 Å². The van der Waals surface area contributed by atoms with Crippen molar-refractivity contribution in [2.75, 3.05) is 0 Å². The number of carbonyl (C=O) groups excluding carboxylic acids is 1. The summed E-state index contributed by atoms with van der Waals surface area (Å²) in [4.78, 5) is 24.2. The first-order valence-electron chi connectivity index (χ1n) is 17.5. The van der Waals surface area contributed by atoms with Crippen molar-refractivity contribution in [1.82, 2.24) is 14.9 Å². The Labute approximate surface area is 325 Å². The van der Waals surface area contributed by atoms with Gasteiger partial charge in [0.15, 0.2) is 11.5 Å². The maximum absolute atomic E-state index is 14.9. The van der Waals surface area contributed by atoms with E-state index in [1.54, 1.807) is 42.7 Å². The van der Waals surface area contributed by atoms with Gasteiger partial charge in [-0.3, -0.25) is 4.79 Å². The van der Waals surface area contributed by atoms with E-state index in [9.17, 15) is 21.6 Å². The van der Waals surface area contributed by atoms with Crippen LogP contribution >= 0.6 is 0 Å². The molecule has 0 radical (unpaired) electrons. The van der Waals surface area contributed by atoms with E-state index >= 15 is 0 Å². The largest absolute Gasteiger partial charge is 0.488 e. The molecule has 1 amide bonds. The van der Waals surface area contributed by atoms with Crippen molar-refractivity contribution in [3.63, 3.8) is 0 Å². The molecule has 0 fully saturated rings. The van der Waals surface area contributed by atoms with E-state index in [1.807, 2.05) is 56.3 Å². The predicted octanol–water partition coefficient (Wildman–Crippen LogP) is 7.25. The average molecular weight is 792 g/mol. The summed E-state index contributed by atoms with van der Waals surface area (Å²) < 4.78 is 78.9. The van der Waals surface area contributed by atoms with Crippen molar-refractivity contribution < 1.29 is 39.5 Å². The number of amides is 1. The van der Waals surface area contributed by atoms with Gasteiger partial charge in [-0.2, -0.15) is 16.8 Å². The summed E-state index contributed by atoms with van der Waals surface area (Å²) in [6, 6.07) is 27.8. The quantitative estimate of drug-likeness (QED) is 0.109. The fourth-order valence-electron chi connectivity index (χ4n) is 6.11. The van der Waals surface area contributed by atoms with E-state index in [0.717, 1.165) is 39.4 Å². The number of ether oxygens (including phenoxy) is 2. The first-order chi connectivity index (χ1) is 26.9. The second-order valence-corrected chi connectivity index (χ2v) is 16.4. The van der Waals surface area contributed by atoms with Gasteiger partial charge in [-0.15, -0.1) is 0 Å². The Hall–Kier alpha value is -6.25. The van der Waals surface area contributed by atoms with E-state index in [-0.39, 0.29) is 58.7 Å². The van der Waals surface area contributed by atoms with Crippen molar-refractivity contribution >= 4 is 26.1 Å². The highest BCUT2D eigenvalue weighted by atomic mass is 32.2. The molecule has 0 N–H and O–H groups in total. The van der Waals surface area contributed by atoms with Gasteiger partial charge in [0, 0.05) is 41.7 Å². The van der Waals surface area contributed by atoms with Gasteiger partial charge < -0.3 is 22.7 Å². The molecule has 7 rings (SSSR count). The van der Waals surface area contributed by atoms with Crippen molar-refractivity contribution in [3.8, 4) is 23.0 Å². The number of aryl methyl sites for hydroxylation is 2. The van der Waals surface area contributed by atoms with Crippen LogP contribution in [0.1, 0.15) is 49.3 Å². The normalized spacial score (nSPS) is 12.5. The molecule has 0 atom stereocenters. The van der Waals surface area contributed by atoms with E-state index in [0.29, 0.717) is 5.75 Å². The highest BCUT2D eigenvalue weighted by molar-refractivity contribution is 7.87. The van der Waals surface area contributed by atoms with Gasteiger partial charge in [-0.05, 0) is 62.2 Å². The Bertz CT molecular complexity index is 2600. The number of carbonyl (C=O) groups is 1. The van der Waals surface area contributed by atoms with Crippen LogP contribution in [0.4, 0.5) is 0 Å². The summed E-state index contributed by atoms with van der Waals surface area (Å²) in [6.07, 6.45) is 4.73. The molecule has 6 aromatic rings. The number of rotatable bonds is 13. The standard InChI is InChI=1S/C42H37N3O9S2/c1-28-12-16-34(17-13-28)55(47,48)53-38-20-39(54-56(49,50)35-18-14-29(2)15-19-35)40(41(30(38)3)52-25-31-8-5-4-6-9-31)42(46)45-23-33-10-7-11-37(36(33)24-45)51-26-32-21-43-27-44-22-32/h4-22,27H,23-26H2,1-3H3. The second kappa shape index (κ2) is 15.8. The molecule has 5 aromatic carbocycles. The van der Waals surface area contributed by atoms with E-state index in [2.05, 4.69) is 9.97 Å². The van der Waals surface area contributed by atoms with Crippen molar-refractivity contribution in [1.29, 1.82) is 0 Å².